The van der Waals surface area contributed by atoms with Crippen LogP contribution in [0, 0.1) is 5.82 Å². The molecule has 4 amide bonds. The normalized spacial score (nSPS) is 18.3. The first-order chi connectivity index (χ1) is 15.5. The lowest BCUT2D eigenvalue weighted by Crippen LogP contribution is -2.49. The molecule has 1 spiro atoms. The van der Waals surface area contributed by atoms with E-state index >= 15 is 0 Å². The molecule has 8 nitrogen and oxygen atoms in total. The van der Waals surface area contributed by atoms with Crippen LogP contribution in [0.3, 0.4) is 0 Å². The molecule has 9 heteroatoms. The quantitative estimate of drug-likeness (QED) is 0.710. The zero-order valence-electron chi connectivity index (χ0n) is 19.5. The molecular weight excluding hydrogens is 425 g/mol. The number of imide groups is 1. The summed E-state index contributed by atoms with van der Waals surface area (Å²) in [5, 5.41) is 7.39. The molecule has 1 saturated carbocycles. The summed E-state index contributed by atoms with van der Waals surface area (Å²) >= 11 is 0. The molecule has 2 aliphatic rings. The van der Waals surface area contributed by atoms with E-state index in [1.54, 1.807) is 25.2 Å². The van der Waals surface area contributed by atoms with Gasteiger partial charge in [-0.05, 0) is 37.1 Å². The van der Waals surface area contributed by atoms with Crippen molar-refractivity contribution in [2.24, 2.45) is 0 Å². The number of halogens is 1. The molecule has 1 aliphatic carbocycles. The first kappa shape index (κ1) is 22.9. The molecule has 176 valence electrons. The van der Waals surface area contributed by atoms with Crippen molar-refractivity contribution in [2.75, 3.05) is 18.9 Å². The molecule has 4 rings (SSSR count). The largest absolute Gasteiger partial charge is 0.327 e. The van der Waals surface area contributed by atoms with Gasteiger partial charge in [0.25, 0.3) is 5.91 Å². The molecular formula is C24H30FN5O3. The number of benzene rings is 1. The van der Waals surface area contributed by atoms with Crippen molar-refractivity contribution in [2.45, 2.75) is 63.8 Å². The van der Waals surface area contributed by atoms with E-state index in [0.29, 0.717) is 24.3 Å². The number of amides is 4. The zero-order chi connectivity index (χ0) is 24.0. The maximum Gasteiger partial charge on any atom is 0.327 e. The van der Waals surface area contributed by atoms with Gasteiger partial charge in [-0.15, -0.1) is 0 Å². The molecule has 1 aromatic carbocycles. The topological polar surface area (TPSA) is 87.5 Å². The van der Waals surface area contributed by atoms with Crippen molar-refractivity contribution < 1.29 is 18.8 Å². The predicted octanol–water partition coefficient (Wildman–Crippen LogP) is 3.84. The number of carbonyl (C=O) groups excluding carboxylic acids is 3. The Bertz CT molecular complexity index is 1080. The van der Waals surface area contributed by atoms with Crippen molar-refractivity contribution in [3.05, 3.63) is 41.8 Å². The highest BCUT2D eigenvalue weighted by Gasteiger charge is 2.55. The van der Waals surface area contributed by atoms with E-state index < -0.39 is 17.5 Å². The maximum absolute atomic E-state index is 13.4. The molecule has 1 aromatic heterocycles. The molecule has 0 radical (unpaired) electrons. The summed E-state index contributed by atoms with van der Waals surface area (Å²) in [5.41, 5.74) is 0.194. The lowest BCUT2D eigenvalue weighted by Gasteiger charge is -2.35. The number of nitrogens with one attached hydrogen (secondary N) is 1. The maximum atomic E-state index is 13.4. The van der Waals surface area contributed by atoms with Crippen LogP contribution in [-0.4, -0.2) is 56.6 Å². The summed E-state index contributed by atoms with van der Waals surface area (Å²) < 4.78 is 14.9. The van der Waals surface area contributed by atoms with Crippen LogP contribution in [0.4, 0.5) is 15.0 Å². The van der Waals surface area contributed by atoms with Crippen LogP contribution in [0.5, 0.6) is 0 Å². The summed E-state index contributed by atoms with van der Waals surface area (Å²) in [6.45, 7) is 5.62. The Morgan fingerprint density at radius 1 is 1.12 bits per heavy atom. The Labute approximate surface area is 192 Å². The van der Waals surface area contributed by atoms with Gasteiger partial charge in [-0.1, -0.05) is 40.0 Å². The van der Waals surface area contributed by atoms with Gasteiger partial charge in [-0.25, -0.2) is 13.9 Å². The summed E-state index contributed by atoms with van der Waals surface area (Å²) in [6.07, 6.45) is 4.06. The van der Waals surface area contributed by atoms with Crippen LogP contribution < -0.4 is 5.32 Å². The number of nitrogens with zero attached hydrogens (tertiary/aromatic N) is 4. The number of urea groups is 1. The van der Waals surface area contributed by atoms with Gasteiger partial charge in [0.2, 0.25) is 5.91 Å². The Balaban J connectivity index is 1.57. The van der Waals surface area contributed by atoms with Crippen molar-refractivity contribution in [1.29, 1.82) is 0 Å². The van der Waals surface area contributed by atoms with Gasteiger partial charge in [0, 0.05) is 18.5 Å². The van der Waals surface area contributed by atoms with E-state index in [2.05, 4.69) is 10.4 Å². The Kier molecular flexibility index (Phi) is 5.76. The van der Waals surface area contributed by atoms with Gasteiger partial charge >= 0.3 is 6.03 Å². The fraction of sp³-hybridized carbons (Fsp3) is 0.500. The second kappa shape index (κ2) is 8.28. The highest BCUT2D eigenvalue weighted by molar-refractivity contribution is 6.10. The number of hydrogen-bond donors (Lipinski definition) is 1. The zero-order valence-corrected chi connectivity index (χ0v) is 19.5. The summed E-state index contributed by atoms with van der Waals surface area (Å²) in [7, 11) is 1.64. The molecule has 2 fully saturated rings. The Morgan fingerprint density at radius 3 is 2.36 bits per heavy atom. The van der Waals surface area contributed by atoms with Gasteiger partial charge in [0.05, 0.1) is 11.4 Å². The average Bonchev–Trinajstić information content (AvgIpc) is 3.26. The van der Waals surface area contributed by atoms with Crippen LogP contribution in [-0.2, 0) is 15.0 Å². The molecule has 33 heavy (non-hydrogen) atoms. The Morgan fingerprint density at radius 2 is 1.76 bits per heavy atom. The van der Waals surface area contributed by atoms with Crippen LogP contribution in [0.1, 0.15) is 58.6 Å². The van der Waals surface area contributed by atoms with Crippen LogP contribution in [0.15, 0.2) is 30.3 Å². The van der Waals surface area contributed by atoms with E-state index in [0.717, 1.165) is 29.9 Å². The number of carbonyl (C=O) groups is 3. The van der Waals surface area contributed by atoms with E-state index in [-0.39, 0.29) is 23.7 Å². The van der Waals surface area contributed by atoms with Gasteiger partial charge in [-0.3, -0.25) is 14.5 Å². The third kappa shape index (κ3) is 4.12. The molecule has 1 aliphatic heterocycles. The first-order valence-electron chi connectivity index (χ1n) is 11.3. The molecule has 2 heterocycles. The molecule has 0 atom stereocenters. The first-order valence-corrected chi connectivity index (χ1v) is 11.3. The van der Waals surface area contributed by atoms with Gasteiger partial charge in [0.15, 0.2) is 0 Å². The predicted molar refractivity (Wildman–Crippen MR) is 122 cm³/mol. The molecule has 1 saturated heterocycles. The number of hydrogen-bond acceptors (Lipinski definition) is 4. The third-order valence-electron chi connectivity index (χ3n) is 6.60. The second-order valence-corrected chi connectivity index (χ2v) is 9.93. The monoisotopic (exact) mass is 455 g/mol. The van der Waals surface area contributed by atoms with Crippen LogP contribution in [0.25, 0.3) is 5.69 Å². The highest BCUT2D eigenvalue weighted by Crippen LogP contribution is 2.39. The van der Waals surface area contributed by atoms with Crippen LogP contribution >= 0.6 is 0 Å². The van der Waals surface area contributed by atoms with Crippen molar-refractivity contribution in [3.63, 3.8) is 0 Å². The minimum Gasteiger partial charge on any atom is -0.313 e. The second-order valence-electron chi connectivity index (χ2n) is 9.93. The number of aromatic nitrogens is 2. The van der Waals surface area contributed by atoms with Crippen molar-refractivity contribution in [1.82, 2.24) is 19.6 Å². The third-order valence-corrected chi connectivity index (χ3v) is 6.60. The lowest BCUT2D eigenvalue weighted by atomic mass is 9.81. The van der Waals surface area contributed by atoms with Crippen LogP contribution in [0.2, 0.25) is 0 Å². The number of anilines is 1. The average molecular weight is 456 g/mol. The minimum atomic E-state index is -0.828. The molecule has 0 unspecified atom stereocenters. The minimum absolute atomic E-state index is 0.290. The fourth-order valence-electron chi connectivity index (χ4n) is 4.61. The smallest absolute Gasteiger partial charge is 0.313 e. The summed E-state index contributed by atoms with van der Waals surface area (Å²) in [6, 6.07) is 7.09. The van der Waals surface area contributed by atoms with Gasteiger partial charge in [-0.2, -0.15) is 5.10 Å². The van der Waals surface area contributed by atoms with E-state index in [4.69, 9.17) is 0 Å². The summed E-state index contributed by atoms with van der Waals surface area (Å²) in [4.78, 5) is 41.5. The Hall–Kier alpha value is -3.23. The van der Waals surface area contributed by atoms with Crippen molar-refractivity contribution in [3.8, 4) is 5.69 Å². The highest BCUT2D eigenvalue weighted by atomic mass is 19.1. The fourth-order valence-corrected chi connectivity index (χ4v) is 4.61. The number of rotatable bonds is 4. The molecule has 2 aromatic rings. The van der Waals surface area contributed by atoms with Gasteiger partial charge < -0.3 is 10.2 Å². The van der Waals surface area contributed by atoms with Gasteiger partial charge in [0.1, 0.15) is 23.7 Å². The summed E-state index contributed by atoms with van der Waals surface area (Å²) in [5.74, 6) is -0.787. The van der Waals surface area contributed by atoms with E-state index in [1.165, 1.54) is 21.7 Å². The molecule has 1 N–H and O–H groups in total. The standard InChI is InChI=1S/C24H30FN5O3/c1-23(2,3)18-14-19(30(27-18)17-10-8-16(25)9-11-17)26-20(31)15-29-21(32)24(28(4)22(29)33)12-6-5-7-13-24/h8-11,14H,5-7,12-13,15H2,1-4H3,(H,26,31). The number of likely N-dealkylation sites (N-methyl/N-ethyl adjacent to an activating group) is 1. The van der Waals surface area contributed by atoms with E-state index in [1.807, 2.05) is 20.8 Å². The van der Waals surface area contributed by atoms with Crippen molar-refractivity contribution >= 4 is 23.7 Å². The lowest BCUT2D eigenvalue weighted by molar-refractivity contribution is -0.136. The van der Waals surface area contributed by atoms with E-state index in [9.17, 15) is 18.8 Å². The molecule has 0 bridgehead atoms. The SMILES string of the molecule is CN1C(=O)N(CC(=O)Nc2cc(C(C)(C)C)nn2-c2ccc(F)cc2)C(=O)C12CCCCC2.